The Morgan fingerprint density at radius 2 is 2.15 bits per heavy atom. The molecular formula is C15H18N4O. The van der Waals surface area contributed by atoms with Crippen LogP contribution in [0.25, 0.3) is 0 Å². The molecule has 2 rings (SSSR count). The minimum atomic E-state index is -0.244. The van der Waals surface area contributed by atoms with E-state index in [1.54, 1.807) is 12.4 Å². The van der Waals surface area contributed by atoms with Crippen LogP contribution in [0.1, 0.15) is 16.8 Å². The van der Waals surface area contributed by atoms with E-state index >= 15 is 0 Å². The number of urea groups is 1. The van der Waals surface area contributed by atoms with Gasteiger partial charge in [0, 0.05) is 24.6 Å². The number of pyridine rings is 2. The Morgan fingerprint density at radius 1 is 1.30 bits per heavy atom. The van der Waals surface area contributed by atoms with Gasteiger partial charge in [0.2, 0.25) is 0 Å². The summed E-state index contributed by atoms with van der Waals surface area (Å²) in [5, 5.41) is 5.53. The van der Waals surface area contributed by atoms with Crippen LogP contribution < -0.4 is 10.6 Å². The van der Waals surface area contributed by atoms with E-state index in [-0.39, 0.29) is 6.03 Å². The average molecular weight is 270 g/mol. The monoisotopic (exact) mass is 270 g/mol. The second-order valence-electron chi connectivity index (χ2n) is 4.66. The third kappa shape index (κ3) is 4.35. The molecule has 0 aliphatic carbocycles. The van der Waals surface area contributed by atoms with Crippen molar-refractivity contribution in [1.29, 1.82) is 0 Å². The van der Waals surface area contributed by atoms with E-state index in [1.807, 2.05) is 38.1 Å². The van der Waals surface area contributed by atoms with Crippen molar-refractivity contribution in [2.45, 2.75) is 20.3 Å². The van der Waals surface area contributed by atoms with Crippen molar-refractivity contribution in [2.24, 2.45) is 0 Å². The maximum Gasteiger partial charge on any atom is 0.320 e. The van der Waals surface area contributed by atoms with Crippen molar-refractivity contribution >= 4 is 11.8 Å². The van der Waals surface area contributed by atoms with Gasteiger partial charge in [-0.2, -0.15) is 0 Å². The molecule has 0 spiro atoms. The lowest BCUT2D eigenvalue weighted by Gasteiger charge is -2.08. The van der Waals surface area contributed by atoms with Crippen molar-refractivity contribution in [3.63, 3.8) is 0 Å². The quantitative estimate of drug-likeness (QED) is 0.896. The van der Waals surface area contributed by atoms with Gasteiger partial charge in [-0.15, -0.1) is 0 Å². The summed E-state index contributed by atoms with van der Waals surface area (Å²) in [5.41, 5.74) is 3.05. The number of hydrogen-bond acceptors (Lipinski definition) is 3. The number of hydrogen-bond donors (Lipinski definition) is 2. The molecule has 0 radical (unpaired) electrons. The second kappa shape index (κ2) is 6.65. The zero-order valence-corrected chi connectivity index (χ0v) is 11.7. The fourth-order valence-electron chi connectivity index (χ4n) is 1.93. The second-order valence-corrected chi connectivity index (χ2v) is 4.66. The first-order chi connectivity index (χ1) is 9.63. The molecule has 0 saturated heterocycles. The third-order valence-corrected chi connectivity index (χ3v) is 2.76. The highest BCUT2D eigenvalue weighted by Gasteiger charge is 2.03. The number of aromatic nitrogens is 2. The minimum absolute atomic E-state index is 0.244. The van der Waals surface area contributed by atoms with Crippen molar-refractivity contribution < 1.29 is 4.79 Å². The highest BCUT2D eigenvalue weighted by Crippen LogP contribution is 2.08. The number of carbonyl (C=O) groups excluding carboxylic acids is 1. The number of amides is 2. The molecule has 5 heteroatoms. The van der Waals surface area contributed by atoms with Gasteiger partial charge in [-0.25, -0.2) is 9.78 Å². The summed E-state index contributed by atoms with van der Waals surface area (Å²) >= 11 is 0. The normalized spacial score (nSPS) is 10.1. The molecule has 0 aliphatic heterocycles. The van der Waals surface area contributed by atoms with Gasteiger partial charge in [0.15, 0.2) is 0 Å². The molecule has 0 unspecified atom stereocenters. The van der Waals surface area contributed by atoms with E-state index in [9.17, 15) is 4.79 Å². The van der Waals surface area contributed by atoms with Gasteiger partial charge in [0.1, 0.15) is 5.82 Å². The highest BCUT2D eigenvalue weighted by molar-refractivity contribution is 5.88. The molecule has 20 heavy (non-hydrogen) atoms. The summed E-state index contributed by atoms with van der Waals surface area (Å²) in [5.74, 6) is 0.571. The average Bonchev–Trinajstić information content (AvgIpc) is 2.38. The minimum Gasteiger partial charge on any atom is -0.337 e. The lowest BCUT2D eigenvalue weighted by molar-refractivity contribution is 0.252. The van der Waals surface area contributed by atoms with E-state index in [0.717, 1.165) is 23.2 Å². The first-order valence-electron chi connectivity index (χ1n) is 6.52. The molecule has 104 valence electrons. The largest absolute Gasteiger partial charge is 0.337 e. The van der Waals surface area contributed by atoms with Crippen molar-refractivity contribution in [3.8, 4) is 0 Å². The number of carbonyl (C=O) groups is 1. The molecule has 5 nitrogen and oxygen atoms in total. The summed E-state index contributed by atoms with van der Waals surface area (Å²) < 4.78 is 0. The molecule has 2 N–H and O–H groups in total. The SMILES string of the molecule is Cc1cc(C)nc(NC(=O)NCCc2cccnc2)c1. The van der Waals surface area contributed by atoms with Gasteiger partial charge < -0.3 is 5.32 Å². The maximum absolute atomic E-state index is 11.7. The van der Waals surface area contributed by atoms with Crippen molar-refractivity contribution in [3.05, 3.63) is 53.5 Å². The Morgan fingerprint density at radius 3 is 2.85 bits per heavy atom. The fourth-order valence-corrected chi connectivity index (χ4v) is 1.93. The Labute approximate surface area is 118 Å². The van der Waals surface area contributed by atoms with Gasteiger partial charge in [-0.05, 0) is 49.6 Å². The van der Waals surface area contributed by atoms with Gasteiger partial charge in [-0.1, -0.05) is 6.07 Å². The Kier molecular flexibility index (Phi) is 4.65. The first-order valence-corrected chi connectivity index (χ1v) is 6.52. The lowest BCUT2D eigenvalue weighted by atomic mass is 10.2. The molecule has 2 amide bonds. The predicted octanol–water partition coefficient (Wildman–Crippen LogP) is 2.46. The van der Waals surface area contributed by atoms with Gasteiger partial charge in [0.25, 0.3) is 0 Å². The van der Waals surface area contributed by atoms with Crippen LogP contribution in [0.4, 0.5) is 10.6 Å². The summed E-state index contributed by atoms with van der Waals surface area (Å²) in [6.07, 6.45) is 4.28. The zero-order chi connectivity index (χ0) is 14.4. The number of anilines is 1. The molecular weight excluding hydrogens is 252 g/mol. The van der Waals surface area contributed by atoms with Crippen LogP contribution >= 0.6 is 0 Å². The topological polar surface area (TPSA) is 66.9 Å². The van der Waals surface area contributed by atoms with Crippen LogP contribution in [-0.2, 0) is 6.42 Å². The molecule has 2 aromatic rings. The Balaban J connectivity index is 1.81. The number of nitrogens with zero attached hydrogens (tertiary/aromatic N) is 2. The van der Waals surface area contributed by atoms with Crippen LogP contribution in [0.2, 0.25) is 0 Å². The van der Waals surface area contributed by atoms with Crippen molar-refractivity contribution in [1.82, 2.24) is 15.3 Å². The highest BCUT2D eigenvalue weighted by atomic mass is 16.2. The van der Waals surface area contributed by atoms with Gasteiger partial charge >= 0.3 is 6.03 Å². The Hall–Kier alpha value is -2.43. The molecule has 0 aliphatic rings. The third-order valence-electron chi connectivity index (χ3n) is 2.76. The molecule has 0 bridgehead atoms. The molecule has 2 heterocycles. The van der Waals surface area contributed by atoms with Crippen LogP contribution in [-0.4, -0.2) is 22.5 Å². The summed E-state index contributed by atoms with van der Waals surface area (Å²) in [6, 6.07) is 7.43. The van der Waals surface area contributed by atoms with Gasteiger partial charge in [0.05, 0.1) is 0 Å². The van der Waals surface area contributed by atoms with E-state index in [2.05, 4.69) is 20.6 Å². The van der Waals surface area contributed by atoms with Crippen LogP contribution in [0.15, 0.2) is 36.7 Å². The summed E-state index contributed by atoms with van der Waals surface area (Å²) in [7, 11) is 0. The fraction of sp³-hybridized carbons (Fsp3) is 0.267. The Bertz CT molecular complexity index is 563. The number of rotatable bonds is 4. The standard InChI is InChI=1S/C15H18N4O/c1-11-8-12(2)18-14(9-11)19-15(20)17-7-5-13-4-3-6-16-10-13/h3-4,6,8-10H,5,7H2,1-2H3,(H2,17,18,19,20). The zero-order valence-electron chi connectivity index (χ0n) is 11.7. The van der Waals surface area contributed by atoms with E-state index in [4.69, 9.17) is 0 Å². The summed E-state index contributed by atoms with van der Waals surface area (Å²) in [6.45, 7) is 4.43. The van der Waals surface area contributed by atoms with Crippen molar-refractivity contribution in [2.75, 3.05) is 11.9 Å². The van der Waals surface area contributed by atoms with Crippen LogP contribution in [0.5, 0.6) is 0 Å². The van der Waals surface area contributed by atoms with Gasteiger partial charge in [-0.3, -0.25) is 10.3 Å². The van der Waals surface area contributed by atoms with Crippen LogP contribution in [0.3, 0.4) is 0 Å². The van der Waals surface area contributed by atoms with E-state index in [0.29, 0.717) is 12.4 Å². The number of nitrogens with one attached hydrogen (secondary N) is 2. The predicted molar refractivity (Wildman–Crippen MR) is 78.7 cm³/mol. The molecule has 0 saturated carbocycles. The lowest BCUT2D eigenvalue weighted by Crippen LogP contribution is -2.30. The van der Waals surface area contributed by atoms with Crippen LogP contribution in [0, 0.1) is 13.8 Å². The molecule has 0 aromatic carbocycles. The summed E-state index contributed by atoms with van der Waals surface area (Å²) in [4.78, 5) is 20.0. The first kappa shape index (κ1) is 14.0. The molecule has 0 atom stereocenters. The van der Waals surface area contributed by atoms with E-state index < -0.39 is 0 Å². The maximum atomic E-state index is 11.7. The smallest absolute Gasteiger partial charge is 0.320 e. The van der Waals surface area contributed by atoms with E-state index in [1.165, 1.54) is 0 Å². The number of aryl methyl sites for hydroxylation is 2. The molecule has 2 aromatic heterocycles. The molecule has 0 fully saturated rings.